The standard InChI is InChI=1S/C15H31N3O.HI/c1-15(2,3)9-5-6-10-17-14(16-4)18-12-13-8-7-11-19-13;/h13H,5-12H2,1-4H3,(H2,16,17,18);1H. The minimum absolute atomic E-state index is 0. The Bertz CT molecular complexity index is 271. The van der Waals surface area contributed by atoms with Gasteiger partial charge in [-0.3, -0.25) is 4.99 Å². The molecule has 1 saturated heterocycles. The molecule has 0 radical (unpaired) electrons. The third kappa shape index (κ3) is 9.80. The van der Waals surface area contributed by atoms with Crippen molar-refractivity contribution in [1.29, 1.82) is 0 Å². The van der Waals surface area contributed by atoms with Gasteiger partial charge in [-0.15, -0.1) is 24.0 Å². The first-order valence-corrected chi connectivity index (χ1v) is 7.57. The second kappa shape index (κ2) is 10.7. The summed E-state index contributed by atoms with van der Waals surface area (Å²) in [7, 11) is 1.82. The van der Waals surface area contributed by atoms with E-state index in [1.165, 1.54) is 25.7 Å². The number of nitrogens with one attached hydrogen (secondary N) is 2. The summed E-state index contributed by atoms with van der Waals surface area (Å²) in [6.45, 7) is 9.64. The van der Waals surface area contributed by atoms with Crippen LogP contribution in [0.15, 0.2) is 4.99 Å². The largest absolute Gasteiger partial charge is 0.376 e. The molecule has 1 atom stereocenters. The number of nitrogens with zero attached hydrogens (tertiary/aromatic N) is 1. The highest BCUT2D eigenvalue weighted by atomic mass is 127. The van der Waals surface area contributed by atoms with Crippen LogP contribution in [0.1, 0.15) is 52.9 Å². The Morgan fingerprint density at radius 1 is 1.25 bits per heavy atom. The fourth-order valence-electron chi connectivity index (χ4n) is 2.22. The van der Waals surface area contributed by atoms with Gasteiger partial charge in [-0.05, 0) is 31.1 Å². The van der Waals surface area contributed by atoms with Crippen molar-refractivity contribution >= 4 is 29.9 Å². The van der Waals surface area contributed by atoms with Crippen molar-refractivity contribution in [2.75, 3.05) is 26.7 Å². The molecule has 1 fully saturated rings. The van der Waals surface area contributed by atoms with Crippen LogP contribution in [-0.4, -0.2) is 38.8 Å². The molecule has 20 heavy (non-hydrogen) atoms. The number of hydrogen-bond acceptors (Lipinski definition) is 2. The number of ether oxygens (including phenoxy) is 1. The third-order valence-electron chi connectivity index (χ3n) is 3.39. The Morgan fingerprint density at radius 3 is 2.55 bits per heavy atom. The van der Waals surface area contributed by atoms with Gasteiger partial charge in [-0.25, -0.2) is 0 Å². The molecule has 1 aliphatic rings. The SMILES string of the molecule is CN=C(NCCCCC(C)(C)C)NCC1CCCO1.I. The summed E-state index contributed by atoms with van der Waals surface area (Å²) in [5.74, 6) is 0.895. The molecule has 1 heterocycles. The zero-order valence-electron chi connectivity index (χ0n) is 13.5. The molecule has 0 aromatic carbocycles. The van der Waals surface area contributed by atoms with Crippen molar-refractivity contribution in [3.05, 3.63) is 0 Å². The first-order chi connectivity index (χ1) is 9.01. The van der Waals surface area contributed by atoms with E-state index in [0.717, 1.165) is 32.1 Å². The van der Waals surface area contributed by atoms with Crippen LogP contribution in [0.3, 0.4) is 0 Å². The van der Waals surface area contributed by atoms with E-state index in [0.29, 0.717) is 11.5 Å². The average Bonchev–Trinajstić information content (AvgIpc) is 2.84. The first kappa shape index (κ1) is 20.0. The van der Waals surface area contributed by atoms with Crippen molar-refractivity contribution in [2.45, 2.75) is 59.0 Å². The molecular weight excluding hydrogens is 365 g/mol. The molecule has 4 nitrogen and oxygen atoms in total. The van der Waals surface area contributed by atoms with E-state index in [-0.39, 0.29) is 24.0 Å². The molecular formula is C15H32IN3O. The number of hydrogen-bond donors (Lipinski definition) is 2. The molecule has 0 aromatic heterocycles. The monoisotopic (exact) mass is 397 g/mol. The molecule has 0 amide bonds. The van der Waals surface area contributed by atoms with Gasteiger partial charge >= 0.3 is 0 Å². The fraction of sp³-hybridized carbons (Fsp3) is 0.933. The normalized spacial score (nSPS) is 19.6. The molecule has 0 saturated carbocycles. The van der Waals surface area contributed by atoms with Gasteiger partial charge in [-0.1, -0.05) is 27.2 Å². The lowest BCUT2D eigenvalue weighted by molar-refractivity contribution is 0.114. The van der Waals surface area contributed by atoms with E-state index in [1.54, 1.807) is 0 Å². The maximum absolute atomic E-state index is 5.58. The van der Waals surface area contributed by atoms with Gasteiger partial charge in [0.05, 0.1) is 6.10 Å². The van der Waals surface area contributed by atoms with Gasteiger partial charge in [0, 0.05) is 26.7 Å². The summed E-state index contributed by atoms with van der Waals surface area (Å²) in [4.78, 5) is 4.23. The summed E-state index contributed by atoms with van der Waals surface area (Å²) in [6, 6.07) is 0. The molecule has 120 valence electrons. The Kier molecular flexibility index (Phi) is 10.6. The van der Waals surface area contributed by atoms with E-state index in [9.17, 15) is 0 Å². The van der Waals surface area contributed by atoms with Crippen molar-refractivity contribution in [1.82, 2.24) is 10.6 Å². The smallest absolute Gasteiger partial charge is 0.191 e. The van der Waals surface area contributed by atoms with Crippen LogP contribution in [0.25, 0.3) is 0 Å². The Morgan fingerprint density at radius 2 is 2.00 bits per heavy atom. The van der Waals surface area contributed by atoms with E-state index in [1.807, 2.05) is 7.05 Å². The van der Waals surface area contributed by atoms with Gasteiger partial charge in [0.1, 0.15) is 0 Å². The maximum Gasteiger partial charge on any atom is 0.191 e. The number of halogens is 1. The van der Waals surface area contributed by atoms with Crippen molar-refractivity contribution in [3.63, 3.8) is 0 Å². The molecule has 0 aliphatic carbocycles. The Balaban J connectivity index is 0.00000361. The van der Waals surface area contributed by atoms with Crippen LogP contribution in [0.5, 0.6) is 0 Å². The summed E-state index contributed by atoms with van der Waals surface area (Å²) in [5.41, 5.74) is 0.444. The summed E-state index contributed by atoms with van der Waals surface area (Å²) >= 11 is 0. The van der Waals surface area contributed by atoms with Crippen LogP contribution >= 0.6 is 24.0 Å². The van der Waals surface area contributed by atoms with Gasteiger partial charge in [0.15, 0.2) is 5.96 Å². The van der Waals surface area contributed by atoms with E-state index >= 15 is 0 Å². The highest BCUT2D eigenvalue weighted by Gasteiger charge is 2.15. The molecule has 1 rings (SSSR count). The van der Waals surface area contributed by atoms with Crippen LogP contribution < -0.4 is 10.6 Å². The van der Waals surface area contributed by atoms with Crippen LogP contribution in [0, 0.1) is 5.41 Å². The van der Waals surface area contributed by atoms with Crippen LogP contribution in [-0.2, 0) is 4.74 Å². The van der Waals surface area contributed by atoms with E-state index in [2.05, 4.69) is 36.4 Å². The lowest BCUT2D eigenvalue weighted by Gasteiger charge is -2.18. The van der Waals surface area contributed by atoms with Gasteiger partial charge in [-0.2, -0.15) is 0 Å². The van der Waals surface area contributed by atoms with E-state index in [4.69, 9.17) is 4.74 Å². The molecule has 0 bridgehead atoms. The summed E-state index contributed by atoms with van der Waals surface area (Å²) in [5, 5.41) is 6.70. The second-order valence-corrected chi connectivity index (χ2v) is 6.53. The van der Waals surface area contributed by atoms with Gasteiger partial charge in [0.2, 0.25) is 0 Å². The molecule has 1 unspecified atom stereocenters. The zero-order chi connectivity index (χ0) is 14.1. The van der Waals surface area contributed by atoms with Crippen molar-refractivity contribution < 1.29 is 4.74 Å². The van der Waals surface area contributed by atoms with Gasteiger partial charge < -0.3 is 15.4 Å². The highest BCUT2D eigenvalue weighted by molar-refractivity contribution is 14.0. The predicted molar refractivity (Wildman–Crippen MR) is 97.1 cm³/mol. The van der Waals surface area contributed by atoms with Crippen LogP contribution in [0.2, 0.25) is 0 Å². The number of rotatable bonds is 6. The maximum atomic E-state index is 5.58. The third-order valence-corrected chi connectivity index (χ3v) is 3.39. The second-order valence-electron chi connectivity index (χ2n) is 6.53. The zero-order valence-corrected chi connectivity index (χ0v) is 15.8. The number of guanidine groups is 1. The lowest BCUT2D eigenvalue weighted by Crippen LogP contribution is -2.41. The van der Waals surface area contributed by atoms with E-state index < -0.39 is 0 Å². The predicted octanol–water partition coefficient (Wildman–Crippen LogP) is 3.16. The molecule has 2 N–H and O–H groups in total. The fourth-order valence-corrected chi connectivity index (χ4v) is 2.22. The van der Waals surface area contributed by atoms with Crippen LogP contribution in [0.4, 0.5) is 0 Å². The highest BCUT2D eigenvalue weighted by Crippen LogP contribution is 2.21. The molecule has 5 heteroatoms. The molecule has 0 aromatic rings. The van der Waals surface area contributed by atoms with Crippen molar-refractivity contribution in [3.8, 4) is 0 Å². The molecule has 0 spiro atoms. The quantitative estimate of drug-likeness (QED) is 0.313. The topological polar surface area (TPSA) is 45.7 Å². The minimum atomic E-state index is 0. The number of aliphatic imine (C=N–C) groups is 1. The first-order valence-electron chi connectivity index (χ1n) is 7.57. The minimum Gasteiger partial charge on any atom is -0.376 e. The Labute approximate surface area is 141 Å². The summed E-state index contributed by atoms with van der Waals surface area (Å²) < 4.78 is 5.58. The average molecular weight is 397 g/mol. The number of unbranched alkanes of at least 4 members (excludes halogenated alkanes) is 1. The van der Waals surface area contributed by atoms with Gasteiger partial charge in [0.25, 0.3) is 0 Å². The lowest BCUT2D eigenvalue weighted by atomic mass is 9.90. The Hall–Kier alpha value is -0.0400. The molecule has 1 aliphatic heterocycles. The summed E-state index contributed by atoms with van der Waals surface area (Å²) in [6.07, 6.45) is 6.44. The van der Waals surface area contributed by atoms with Crippen molar-refractivity contribution in [2.24, 2.45) is 10.4 Å².